The molecule has 2 rings (SSSR count). The van der Waals surface area contributed by atoms with E-state index in [1.54, 1.807) is 43.6 Å². The van der Waals surface area contributed by atoms with E-state index in [1.807, 2.05) is 6.07 Å². The lowest BCUT2D eigenvalue weighted by molar-refractivity contribution is 0.102. The number of benzene rings is 1. The van der Waals surface area contributed by atoms with E-state index in [1.165, 1.54) is 10.6 Å². The van der Waals surface area contributed by atoms with Gasteiger partial charge in [-0.2, -0.15) is 5.26 Å². The molecule has 0 saturated carbocycles. The summed E-state index contributed by atoms with van der Waals surface area (Å²) < 4.78 is 1.34. The van der Waals surface area contributed by atoms with Gasteiger partial charge in [0.1, 0.15) is 5.56 Å². The molecule has 1 N–H and O–H groups in total. The minimum Gasteiger partial charge on any atom is -0.322 e. The second-order valence-electron chi connectivity index (χ2n) is 3.98. The molecule has 5 nitrogen and oxygen atoms in total. The molecular weight excluding hydrogens is 242 g/mol. The van der Waals surface area contributed by atoms with Crippen molar-refractivity contribution in [1.29, 1.82) is 5.26 Å². The van der Waals surface area contributed by atoms with Gasteiger partial charge < -0.3 is 9.88 Å². The van der Waals surface area contributed by atoms with Crippen molar-refractivity contribution in [3.63, 3.8) is 0 Å². The number of nitrogens with zero attached hydrogens (tertiary/aromatic N) is 2. The van der Waals surface area contributed by atoms with Crippen LogP contribution in [0, 0.1) is 11.3 Å². The van der Waals surface area contributed by atoms with Crippen LogP contribution in [-0.2, 0) is 7.05 Å². The van der Waals surface area contributed by atoms with Crippen molar-refractivity contribution in [1.82, 2.24) is 4.57 Å². The molecule has 1 heterocycles. The number of nitrogens with one attached hydrogen (secondary N) is 1. The van der Waals surface area contributed by atoms with Gasteiger partial charge in [-0.3, -0.25) is 9.59 Å². The first-order chi connectivity index (χ1) is 9.11. The maximum absolute atomic E-state index is 12.0. The van der Waals surface area contributed by atoms with E-state index < -0.39 is 5.91 Å². The number of carbonyl (C=O) groups is 1. The summed E-state index contributed by atoms with van der Waals surface area (Å²) in [6, 6.07) is 11.5. The van der Waals surface area contributed by atoms with Crippen LogP contribution >= 0.6 is 0 Å². The van der Waals surface area contributed by atoms with E-state index in [-0.39, 0.29) is 11.1 Å². The predicted octanol–water partition coefficient (Wildman–Crippen LogP) is 1.51. The molecule has 94 valence electrons. The Kier molecular flexibility index (Phi) is 3.44. The molecule has 0 radical (unpaired) electrons. The highest BCUT2D eigenvalue weighted by atomic mass is 16.2. The molecule has 0 saturated heterocycles. The van der Waals surface area contributed by atoms with Crippen molar-refractivity contribution in [2.75, 3.05) is 5.32 Å². The lowest BCUT2D eigenvalue weighted by Gasteiger charge is -2.05. The first-order valence-electron chi connectivity index (χ1n) is 5.59. The number of pyridine rings is 1. The van der Waals surface area contributed by atoms with Crippen molar-refractivity contribution >= 4 is 11.6 Å². The average molecular weight is 253 g/mol. The molecule has 1 aromatic carbocycles. The summed E-state index contributed by atoms with van der Waals surface area (Å²) in [6.07, 6.45) is 1.58. The van der Waals surface area contributed by atoms with Gasteiger partial charge in [0, 0.05) is 18.9 Å². The molecule has 0 aliphatic rings. The average Bonchev–Trinajstić information content (AvgIpc) is 2.42. The summed E-state index contributed by atoms with van der Waals surface area (Å²) in [4.78, 5) is 23.7. The van der Waals surface area contributed by atoms with Crippen molar-refractivity contribution < 1.29 is 4.79 Å². The first kappa shape index (κ1) is 12.6. The molecule has 5 heteroatoms. The smallest absolute Gasteiger partial charge is 0.263 e. The van der Waals surface area contributed by atoms with Gasteiger partial charge in [-0.15, -0.1) is 0 Å². The Morgan fingerprint density at radius 2 is 1.95 bits per heavy atom. The Labute approximate surface area is 109 Å². The van der Waals surface area contributed by atoms with Crippen LogP contribution in [0.3, 0.4) is 0 Å². The van der Waals surface area contributed by atoms with Crippen molar-refractivity contribution in [2.45, 2.75) is 0 Å². The SMILES string of the molecule is Cn1cccc(C(=O)Nc2ccc(C#N)cc2)c1=O. The highest BCUT2D eigenvalue weighted by Gasteiger charge is 2.10. The van der Waals surface area contributed by atoms with Crippen LogP contribution in [0.2, 0.25) is 0 Å². The van der Waals surface area contributed by atoms with Gasteiger partial charge in [0.2, 0.25) is 0 Å². The fourth-order valence-electron chi connectivity index (χ4n) is 1.60. The molecule has 0 bridgehead atoms. The third-order valence-corrected chi connectivity index (χ3v) is 2.64. The van der Waals surface area contributed by atoms with Crippen LogP contribution in [0.15, 0.2) is 47.4 Å². The summed E-state index contributed by atoms with van der Waals surface area (Å²) in [5.74, 6) is -0.467. The molecule has 0 aliphatic carbocycles. The van der Waals surface area contributed by atoms with Gasteiger partial charge >= 0.3 is 0 Å². The van der Waals surface area contributed by atoms with E-state index in [2.05, 4.69) is 5.32 Å². The third kappa shape index (κ3) is 2.69. The predicted molar refractivity (Wildman–Crippen MR) is 70.8 cm³/mol. The van der Waals surface area contributed by atoms with Crippen LogP contribution in [0.5, 0.6) is 0 Å². The molecule has 0 unspecified atom stereocenters. The maximum atomic E-state index is 12.0. The van der Waals surface area contributed by atoms with Crippen molar-refractivity contribution in [3.8, 4) is 6.07 Å². The van der Waals surface area contributed by atoms with E-state index in [4.69, 9.17) is 5.26 Å². The third-order valence-electron chi connectivity index (χ3n) is 2.64. The second kappa shape index (κ2) is 5.19. The number of anilines is 1. The lowest BCUT2D eigenvalue weighted by Crippen LogP contribution is -2.26. The van der Waals surface area contributed by atoms with Gasteiger partial charge in [0.15, 0.2) is 0 Å². The zero-order chi connectivity index (χ0) is 13.8. The quantitative estimate of drug-likeness (QED) is 0.881. The molecule has 0 atom stereocenters. The fraction of sp³-hybridized carbons (Fsp3) is 0.0714. The summed E-state index contributed by atoms with van der Waals surface area (Å²) >= 11 is 0. The zero-order valence-electron chi connectivity index (χ0n) is 10.3. The van der Waals surface area contributed by atoms with Crippen LogP contribution in [0.25, 0.3) is 0 Å². The number of carbonyl (C=O) groups excluding carboxylic acids is 1. The van der Waals surface area contributed by atoms with E-state index >= 15 is 0 Å². The van der Waals surface area contributed by atoms with E-state index in [0.717, 1.165) is 0 Å². The summed E-state index contributed by atoms with van der Waals surface area (Å²) in [5, 5.41) is 11.3. The van der Waals surface area contributed by atoms with Crippen LogP contribution in [0.4, 0.5) is 5.69 Å². The molecule has 1 amide bonds. The lowest BCUT2D eigenvalue weighted by atomic mass is 10.2. The first-order valence-corrected chi connectivity index (χ1v) is 5.59. The summed E-state index contributed by atoms with van der Waals surface area (Å²) in [5.41, 5.74) is 0.770. The van der Waals surface area contributed by atoms with Crippen molar-refractivity contribution in [2.24, 2.45) is 7.05 Å². The van der Waals surface area contributed by atoms with Gasteiger partial charge in [-0.1, -0.05) is 0 Å². The number of nitriles is 1. The topological polar surface area (TPSA) is 74.9 Å². The Morgan fingerprint density at radius 3 is 2.58 bits per heavy atom. The fourth-order valence-corrected chi connectivity index (χ4v) is 1.60. The minimum absolute atomic E-state index is 0.0781. The molecule has 1 aromatic heterocycles. The number of aryl methyl sites for hydroxylation is 1. The largest absolute Gasteiger partial charge is 0.322 e. The molecule has 0 fully saturated rings. The van der Waals surface area contributed by atoms with Gasteiger partial charge in [-0.05, 0) is 36.4 Å². The highest BCUT2D eigenvalue weighted by molar-refractivity contribution is 6.03. The van der Waals surface area contributed by atoms with Crippen LogP contribution in [0.1, 0.15) is 15.9 Å². The molecule has 19 heavy (non-hydrogen) atoms. The second-order valence-corrected chi connectivity index (χ2v) is 3.98. The van der Waals surface area contributed by atoms with E-state index in [9.17, 15) is 9.59 Å². The number of amides is 1. The highest BCUT2D eigenvalue weighted by Crippen LogP contribution is 2.09. The molecular formula is C14H11N3O2. The summed E-state index contributed by atoms with van der Waals surface area (Å²) in [6.45, 7) is 0. The molecule has 0 spiro atoms. The Bertz CT molecular complexity index is 709. The summed E-state index contributed by atoms with van der Waals surface area (Å²) in [7, 11) is 1.58. The normalized spacial score (nSPS) is 9.68. The number of hydrogen-bond donors (Lipinski definition) is 1. The van der Waals surface area contributed by atoms with Gasteiger partial charge in [0.05, 0.1) is 11.6 Å². The van der Waals surface area contributed by atoms with E-state index in [0.29, 0.717) is 11.3 Å². The minimum atomic E-state index is -0.467. The number of aromatic nitrogens is 1. The maximum Gasteiger partial charge on any atom is 0.263 e. The van der Waals surface area contributed by atoms with Crippen molar-refractivity contribution in [3.05, 3.63) is 64.1 Å². The number of rotatable bonds is 2. The molecule has 0 aliphatic heterocycles. The monoisotopic (exact) mass is 253 g/mol. The Balaban J connectivity index is 2.23. The van der Waals surface area contributed by atoms with Gasteiger partial charge in [0.25, 0.3) is 11.5 Å². The standard InChI is InChI=1S/C14H11N3O2/c1-17-8-2-3-12(14(17)19)13(18)16-11-6-4-10(9-15)5-7-11/h2-8H,1H3,(H,16,18). The molecule has 2 aromatic rings. The Hall–Kier alpha value is -2.87. The zero-order valence-corrected chi connectivity index (χ0v) is 10.3. The number of hydrogen-bond acceptors (Lipinski definition) is 3. The Morgan fingerprint density at radius 1 is 1.26 bits per heavy atom. The van der Waals surface area contributed by atoms with Crippen LogP contribution < -0.4 is 10.9 Å². The van der Waals surface area contributed by atoms with Crippen LogP contribution in [-0.4, -0.2) is 10.5 Å². The van der Waals surface area contributed by atoms with Gasteiger partial charge in [-0.25, -0.2) is 0 Å².